The molecule has 5 heteroatoms. The van der Waals surface area contributed by atoms with E-state index >= 15 is 0 Å². The van der Waals surface area contributed by atoms with E-state index in [0.29, 0.717) is 12.4 Å². The lowest BCUT2D eigenvalue weighted by Gasteiger charge is -2.11. The van der Waals surface area contributed by atoms with Gasteiger partial charge in [0.2, 0.25) is 0 Å². The molecule has 1 aromatic heterocycles. The lowest BCUT2D eigenvalue weighted by atomic mass is 10.2. The van der Waals surface area contributed by atoms with Crippen molar-refractivity contribution in [2.24, 2.45) is 0 Å². The summed E-state index contributed by atoms with van der Waals surface area (Å²) in [4.78, 5) is 8.23. The van der Waals surface area contributed by atoms with Crippen molar-refractivity contribution < 1.29 is 0 Å². The Bertz CT molecular complexity index is 542. The van der Waals surface area contributed by atoms with Gasteiger partial charge in [-0.05, 0) is 24.1 Å². The Balaban J connectivity index is 2.13. The summed E-state index contributed by atoms with van der Waals surface area (Å²) >= 11 is 3.45. The molecule has 3 N–H and O–H groups in total. The molecule has 0 bridgehead atoms. The van der Waals surface area contributed by atoms with E-state index in [1.54, 1.807) is 0 Å². The number of rotatable bonds is 4. The van der Waals surface area contributed by atoms with Crippen molar-refractivity contribution in [3.8, 4) is 0 Å². The predicted octanol–water partition coefficient (Wildman–Crippen LogP) is 3.00. The molecule has 1 heterocycles. The van der Waals surface area contributed by atoms with Gasteiger partial charge < -0.3 is 11.1 Å². The fraction of sp³-hybridized carbons (Fsp3) is 0.231. The first-order valence-corrected chi connectivity index (χ1v) is 6.57. The molecule has 2 rings (SSSR count). The number of hydrogen-bond donors (Lipinski definition) is 2. The fourth-order valence-electron chi connectivity index (χ4n) is 1.76. The summed E-state index contributed by atoms with van der Waals surface area (Å²) in [6, 6.07) is 8.15. The molecule has 1 aromatic carbocycles. The van der Waals surface area contributed by atoms with E-state index in [2.05, 4.69) is 43.3 Å². The minimum Gasteiger partial charge on any atom is -0.383 e. The number of aromatic nitrogens is 2. The second-order valence-electron chi connectivity index (χ2n) is 3.92. The summed E-state index contributed by atoms with van der Waals surface area (Å²) in [5, 5.41) is 3.30. The third kappa shape index (κ3) is 2.98. The van der Waals surface area contributed by atoms with Crippen molar-refractivity contribution in [1.82, 2.24) is 9.97 Å². The minimum absolute atomic E-state index is 0.546. The van der Waals surface area contributed by atoms with Gasteiger partial charge in [0.05, 0.1) is 0 Å². The van der Waals surface area contributed by atoms with Gasteiger partial charge in [-0.25, -0.2) is 9.97 Å². The van der Waals surface area contributed by atoms with Crippen LogP contribution in [-0.2, 0) is 13.0 Å². The molecular weight excluding hydrogens is 292 g/mol. The predicted molar refractivity (Wildman–Crippen MR) is 77.3 cm³/mol. The number of nitrogens with two attached hydrogens (primary N) is 1. The molecule has 0 saturated carbocycles. The van der Waals surface area contributed by atoms with Crippen LogP contribution in [0.3, 0.4) is 0 Å². The molecule has 0 aliphatic rings. The molecule has 0 unspecified atom stereocenters. The topological polar surface area (TPSA) is 63.8 Å². The van der Waals surface area contributed by atoms with Crippen LogP contribution in [0.15, 0.2) is 35.1 Å². The van der Waals surface area contributed by atoms with E-state index < -0.39 is 0 Å². The Morgan fingerprint density at radius 2 is 2.17 bits per heavy atom. The Morgan fingerprint density at radius 1 is 1.33 bits per heavy atom. The number of nitrogens with zero attached hydrogens (tertiary/aromatic N) is 2. The van der Waals surface area contributed by atoms with Gasteiger partial charge in [0.1, 0.15) is 18.0 Å². The Morgan fingerprint density at radius 3 is 2.89 bits per heavy atom. The number of nitrogen functional groups attached to an aromatic ring is 1. The Kier molecular flexibility index (Phi) is 4.15. The quantitative estimate of drug-likeness (QED) is 0.911. The largest absolute Gasteiger partial charge is 0.383 e. The van der Waals surface area contributed by atoms with Gasteiger partial charge in [-0.2, -0.15) is 0 Å². The van der Waals surface area contributed by atoms with Crippen molar-refractivity contribution in [2.45, 2.75) is 19.9 Å². The lowest BCUT2D eigenvalue weighted by Crippen LogP contribution is -2.07. The number of anilines is 2. The van der Waals surface area contributed by atoms with Crippen LogP contribution < -0.4 is 11.1 Å². The molecule has 94 valence electrons. The molecule has 0 atom stereocenters. The number of nitrogens with one attached hydrogen (secondary N) is 1. The second kappa shape index (κ2) is 5.82. The molecule has 0 fully saturated rings. The van der Waals surface area contributed by atoms with Crippen LogP contribution in [0.25, 0.3) is 0 Å². The minimum atomic E-state index is 0.546. The van der Waals surface area contributed by atoms with Crippen LogP contribution in [0.2, 0.25) is 0 Å². The SMILES string of the molecule is CCc1c(N)ncnc1NCc1cccc(Br)c1. The first-order valence-electron chi connectivity index (χ1n) is 5.78. The third-order valence-corrected chi connectivity index (χ3v) is 3.17. The van der Waals surface area contributed by atoms with Crippen LogP contribution in [0.5, 0.6) is 0 Å². The maximum absolute atomic E-state index is 5.83. The van der Waals surface area contributed by atoms with E-state index in [9.17, 15) is 0 Å². The highest BCUT2D eigenvalue weighted by molar-refractivity contribution is 9.10. The Labute approximate surface area is 115 Å². The van der Waals surface area contributed by atoms with E-state index in [-0.39, 0.29) is 0 Å². The third-order valence-electron chi connectivity index (χ3n) is 2.68. The van der Waals surface area contributed by atoms with Crippen LogP contribution in [0, 0.1) is 0 Å². The van der Waals surface area contributed by atoms with Gasteiger partial charge in [0.25, 0.3) is 0 Å². The van der Waals surface area contributed by atoms with E-state index in [1.807, 2.05) is 19.1 Å². The highest BCUT2D eigenvalue weighted by Gasteiger charge is 2.06. The van der Waals surface area contributed by atoms with Gasteiger partial charge in [0, 0.05) is 16.6 Å². The monoisotopic (exact) mass is 306 g/mol. The van der Waals surface area contributed by atoms with E-state index in [0.717, 1.165) is 22.3 Å². The smallest absolute Gasteiger partial charge is 0.134 e. The highest BCUT2D eigenvalue weighted by Crippen LogP contribution is 2.19. The molecule has 0 amide bonds. The van der Waals surface area contributed by atoms with Crippen LogP contribution in [0.4, 0.5) is 11.6 Å². The van der Waals surface area contributed by atoms with E-state index in [4.69, 9.17) is 5.73 Å². The van der Waals surface area contributed by atoms with Crippen LogP contribution in [0.1, 0.15) is 18.1 Å². The summed E-state index contributed by atoms with van der Waals surface area (Å²) < 4.78 is 1.07. The maximum Gasteiger partial charge on any atom is 0.134 e. The number of halogens is 1. The second-order valence-corrected chi connectivity index (χ2v) is 4.84. The average molecular weight is 307 g/mol. The van der Waals surface area contributed by atoms with Crippen molar-refractivity contribution in [1.29, 1.82) is 0 Å². The Hall–Kier alpha value is -1.62. The summed E-state index contributed by atoms with van der Waals surface area (Å²) in [6.45, 7) is 2.75. The van der Waals surface area contributed by atoms with Crippen molar-refractivity contribution in [3.63, 3.8) is 0 Å². The molecule has 0 spiro atoms. The fourth-order valence-corrected chi connectivity index (χ4v) is 2.21. The van der Waals surface area contributed by atoms with Crippen molar-refractivity contribution in [3.05, 3.63) is 46.2 Å². The van der Waals surface area contributed by atoms with Crippen molar-refractivity contribution in [2.75, 3.05) is 11.1 Å². The first kappa shape index (κ1) is 12.8. The molecule has 0 aliphatic carbocycles. The average Bonchev–Trinajstić information content (AvgIpc) is 2.36. The van der Waals surface area contributed by atoms with Crippen molar-refractivity contribution >= 4 is 27.6 Å². The molecule has 18 heavy (non-hydrogen) atoms. The normalized spacial score (nSPS) is 10.3. The molecule has 0 radical (unpaired) electrons. The zero-order valence-electron chi connectivity index (χ0n) is 10.2. The van der Waals surface area contributed by atoms with Gasteiger partial charge in [-0.1, -0.05) is 35.0 Å². The van der Waals surface area contributed by atoms with E-state index in [1.165, 1.54) is 11.9 Å². The van der Waals surface area contributed by atoms with Gasteiger partial charge in [-0.3, -0.25) is 0 Å². The van der Waals surface area contributed by atoms with Crippen LogP contribution >= 0.6 is 15.9 Å². The molecule has 0 saturated heterocycles. The maximum atomic E-state index is 5.83. The van der Waals surface area contributed by atoms with Gasteiger partial charge in [0.15, 0.2) is 0 Å². The summed E-state index contributed by atoms with van der Waals surface area (Å²) in [6.07, 6.45) is 2.30. The summed E-state index contributed by atoms with van der Waals surface area (Å²) in [5.74, 6) is 1.36. The number of hydrogen-bond acceptors (Lipinski definition) is 4. The number of benzene rings is 1. The zero-order chi connectivity index (χ0) is 13.0. The summed E-state index contributed by atoms with van der Waals surface area (Å²) in [5.41, 5.74) is 7.98. The highest BCUT2D eigenvalue weighted by atomic mass is 79.9. The zero-order valence-corrected chi connectivity index (χ0v) is 11.7. The first-order chi connectivity index (χ1) is 8.70. The summed E-state index contributed by atoms with van der Waals surface area (Å²) in [7, 11) is 0. The molecular formula is C13H15BrN4. The lowest BCUT2D eigenvalue weighted by molar-refractivity contribution is 1.02. The standard InChI is InChI=1S/C13H15BrN4/c1-2-11-12(15)17-8-18-13(11)16-7-9-4-3-5-10(14)6-9/h3-6,8H,2,7H2,1H3,(H3,15,16,17,18). The van der Waals surface area contributed by atoms with Crippen LogP contribution in [-0.4, -0.2) is 9.97 Å². The molecule has 0 aliphatic heterocycles. The molecule has 2 aromatic rings. The molecule has 4 nitrogen and oxygen atoms in total. The van der Waals surface area contributed by atoms with Gasteiger partial charge in [-0.15, -0.1) is 0 Å². The van der Waals surface area contributed by atoms with Gasteiger partial charge >= 0.3 is 0 Å².